The fraction of sp³-hybridized carbons (Fsp3) is 0.211. The summed E-state index contributed by atoms with van der Waals surface area (Å²) < 4.78 is 5.40. The summed E-state index contributed by atoms with van der Waals surface area (Å²) in [5.74, 6) is -0.129. The molecular formula is C19H19N3O3. The zero-order valence-corrected chi connectivity index (χ0v) is 14.1. The second kappa shape index (κ2) is 7.17. The topological polar surface area (TPSA) is 78.9 Å². The molecule has 0 bridgehead atoms. The molecular weight excluding hydrogens is 318 g/mol. The quantitative estimate of drug-likeness (QED) is 0.569. The molecule has 0 spiro atoms. The predicted molar refractivity (Wildman–Crippen MR) is 99.2 cm³/mol. The lowest BCUT2D eigenvalue weighted by atomic mass is 10.1. The third-order valence-electron chi connectivity index (χ3n) is 4.03. The number of aromatic nitrogens is 1. The van der Waals surface area contributed by atoms with Crippen molar-refractivity contribution in [1.82, 2.24) is 4.98 Å². The minimum Gasteiger partial charge on any atom is -0.506 e. The lowest BCUT2D eigenvalue weighted by molar-refractivity contribution is 0.466. The molecule has 0 amide bonds. The van der Waals surface area contributed by atoms with Gasteiger partial charge in [-0.1, -0.05) is 0 Å². The number of anilines is 1. The first-order valence-corrected chi connectivity index (χ1v) is 8.13. The summed E-state index contributed by atoms with van der Waals surface area (Å²) in [5.41, 5.74) is 1.33. The molecule has 0 saturated carbocycles. The molecule has 0 saturated heterocycles. The maximum Gasteiger partial charge on any atom is 0.348 e. The van der Waals surface area contributed by atoms with Crippen molar-refractivity contribution in [3.8, 4) is 5.75 Å². The van der Waals surface area contributed by atoms with Crippen molar-refractivity contribution in [2.75, 3.05) is 18.0 Å². The van der Waals surface area contributed by atoms with Crippen LogP contribution in [0.4, 0.5) is 11.4 Å². The third kappa shape index (κ3) is 3.38. The minimum absolute atomic E-state index is 0.0277. The van der Waals surface area contributed by atoms with Crippen LogP contribution in [-0.4, -0.2) is 29.4 Å². The van der Waals surface area contributed by atoms with Gasteiger partial charge < -0.3 is 14.4 Å². The maximum atomic E-state index is 12.3. The summed E-state index contributed by atoms with van der Waals surface area (Å²) in [6, 6.07) is 8.83. The molecule has 6 nitrogen and oxygen atoms in total. The van der Waals surface area contributed by atoms with Crippen molar-refractivity contribution in [1.29, 1.82) is 0 Å². The number of benzene rings is 1. The minimum atomic E-state index is -0.625. The molecule has 25 heavy (non-hydrogen) atoms. The van der Waals surface area contributed by atoms with Gasteiger partial charge in [0.25, 0.3) is 0 Å². The van der Waals surface area contributed by atoms with E-state index < -0.39 is 5.63 Å². The van der Waals surface area contributed by atoms with Crippen LogP contribution in [0.1, 0.15) is 19.4 Å². The number of rotatable bonds is 5. The van der Waals surface area contributed by atoms with Crippen molar-refractivity contribution in [2.24, 2.45) is 4.99 Å². The number of pyridine rings is 1. The van der Waals surface area contributed by atoms with E-state index in [1.54, 1.807) is 36.7 Å². The number of nitrogens with zero attached hydrogens (tertiary/aromatic N) is 3. The fourth-order valence-corrected chi connectivity index (χ4v) is 2.66. The lowest BCUT2D eigenvalue weighted by Gasteiger charge is -2.21. The number of aromatic hydroxyl groups is 1. The number of hydrogen-bond acceptors (Lipinski definition) is 6. The Balaban J connectivity index is 2.06. The first-order valence-electron chi connectivity index (χ1n) is 8.13. The first kappa shape index (κ1) is 16.7. The Bertz CT molecular complexity index is 961. The summed E-state index contributed by atoms with van der Waals surface area (Å²) in [7, 11) is 0. The number of fused-ring (bicyclic) bond motifs is 1. The Morgan fingerprint density at radius 1 is 1.20 bits per heavy atom. The van der Waals surface area contributed by atoms with Crippen LogP contribution in [0, 0.1) is 0 Å². The van der Waals surface area contributed by atoms with Crippen molar-refractivity contribution in [3.63, 3.8) is 0 Å². The van der Waals surface area contributed by atoms with Crippen LogP contribution < -0.4 is 10.5 Å². The predicted octanol–water partition coefficient (Wildman–Crippen LogP) is 3.49. The molecule has 0 fully saturated rings. The summed E-state index contributed by atoms with van der Waals surface area (Å²) in [5, 5.41) is 11.0. The second-order valence-corrected chi connectivity index (χ2v) is 5.47. The number of aliphatic imine (C=N–C) groups is 1. The highest BCUT2D eigenvalue weighted by molar-refractivity contribution is 5.95. The number of hydrogen-bond donors (Lipinski definition) is 1. The van der Waals surface area contributed by atoms with E-state index in [2.05, 4.69) is 28.7 Å². The summed E-state index contributed by atoms with van der Waals surface area (Å²) in [6.45, 7) is 5.80. The fourth-order valence-electron chi connectivity index (χ4n) is 2.66. The van der Waals surface area contributed by atoms with Gasteiger partial charge in [-0.2, -0.15) is 0 Å². The lowest BCUT2D eigenvalue weighted by Crippen LogP contribution is -2.21. The highest BCUT2D eigenvalue weighted by atomic mass is 16.4. The summed E-state index contributed by atoms with van der Waals surface area (Å²) in [6.07, 6.45) is 4.52. The standard InChI is InChI=1S/C19H19N3O3/c1-3-22(4-2)14-5-6-15-17(11-14)25-19(24)16(18(15)23)12-21-13-7-9-20-10-8-13/h5-12,23H,3-4H2,1-2H3. The molecule has 2 aromatic heterocycles. The van der Waals surface area contributed by atoms with Crippen LogP contribution in [0.25, 0.3) is 11.0 Å². The van der Waals surface area contributed by atoms with Crippen LogP contribution in [0.3, 0.4) is 0 Å². The first-order chi connectivity index (χ1) is 12.1. The van der Waals surface area contributed by atoms with Gasteiger partial charge in [-0.3, -0.25) is 9.98 Å². The molecule has 0 aliphatic heterocycles. The van der Waals surface area contributed by atoms with Crippen molar-refractivity contribution in [3.05, 3.63) is 58.7 Å². The molecule has 128 valence electrons. The molecule has 0 atom stereocenters. The average Bonchev–Trinajstić information content (AvgIpc) is 2.63. The molecule has 6 heteroatoms. The largest absolute Gasteiger partial charge is 0.506 e. The average molecular weight is 337 g/mol. The van der Waals surface area contributed by atoms with Gasteiger partial charge in [0, 0.05) is 43.5 Å². The van der Waals surface area contributed by atoms with E-state index in [1.165, 1.54) is 6.21 Å². The van der Waals surface area contributed by atoms with Gasteiger partial charge in [-0.15, -0.1) is 0 Å². The monoisotopic (exact) mass is 337 g/mol. The molecule has 1 aromatic carbocycles. The zero-order chi connectivity index (χ0) is 17.8. The molecule has 2 heterocycles. The van der Waals surface area contributed by atoms with Gasteiger partial charge in [0.1, 0.15) is 16.9 Å². The Hall–Kier alpha value is -3.15. The molecule has 0 aliphatic carbocycles. The Kier molecular flexibility index (Phi) is 4.79. The highest BCUT2D eigenvalue weighted by Crippen LogP contribution is 2.29. The van der Waals surface area contributed by atoms with E-state index in [1.807, 2.05) is 6.07 Å². The molecule has 0 aliphatic rings. The molecule has 1 N–H and O–H groups in total. The van der Waals surface area contributed by atoms with E-state index in [9.17, 15) is 9.90 Å². The van der Waals surface area contributed by atoms with Gasteiger partial charge in [-0.25, -0.2) is 4.79 Å². The van der Waals surface area contributed by atoms with Gasteiger partial charge in [0.15, 0.2) is 0 Å². The smallest absolute Gasteiger partial charge is 0.348 e. The van der Waals surface area contributed by atoms with Crippen molar-refractivity contribution in [2.45, 2.75) is 13.8 Å². The van der Waals surface area contributed by atoms with E-state index in [-0.39, 0.29) is 11.3 Å². The van der Waals surface area contributed by atoms with E-state index in [0.717, 1.165) is 18.8 Å². The van der Waals surface area contributed by atoms with Crippen LogP contribution in [0.2, 0.25) is 0 Å². The Labute approximate surface area is 145 Å². The van der Waals surface area contributed by atoms with Crippen molar-refractivity contribution < 1.29 is 9.52 Å². The van der Waals surface area contributed by atoms with E-state index in [4.69, 9.17) is 4.42 Å². The van der Waals surface area contributed by atoms with Crippen LogP contribution >= 0.6 is 0 Å². The highest BCUT2D eigenvalue weighted by Gasteiger charge is 2.14. The molecule has 0 radical (unpaired) electrons. The molecule has 3 rings (SSSR count). The van der Waals surface area contributed by atoms with Gasteiger partial charge in [0.05, 0.1) is 11.1 Å². The maximum absolute atomic E-state index is 12.3. The van der Waals surface area contributed by atoms with E-state index in [0.29, 0.717) is 16.7 Å². The van der Waals surface area contributed by atoms with E-state index >= 15 is 0 Å². The Morgan fingerprint density at radius 3 is 2.60 bits per heavy atom. The summed E-state index contributed by atoms with van der Waals surface area (Å²) in [4.78, 5) is 22.5. The van der Waals surface area contributed by atoms with Gasteiger partial charge >= 0.3 is 5.63 Å². The molecule has 3 aromatic rings. The summed E-state index contributed by atoms with van der Waals surface area (Å²) >= 11 is 0. The second-order valence-electron chi connectivity index (χ2n) is 5.47. The molecule has 0 unspecified atom stereocenters. The van der Waals surface area contributed by atoms with Gasteiger partial charge in [0.2, 0.25) is 0 Å². The third-order valence-corrected chi connectivity index (χ3v) is 4.03. The van der Waals surface area contributed by atoms with Crippen LogP contribution in [0.15, 0.2) is 56.9 Å². The van der Waals surface area contributed by atoms with Crippen LogP contribution in [0.5, 0.6) is 5.75 Å². The Morgan fingerprint density at radius 2 is 1.92 bits per heavy atom. The van der Waals surface area contributed by atoms with Crippen LogP contribution in [-0.2, 0) is 0 Å². The normalized spacial score (nSPS) is 11.3. The van der Waals surface area contributed by atoms with Crippen molar-refractivity contribution >= 4 is 28.6 Å². The van der Waals surface area contributed by atoms with Gasteiger partial charge in [-0.05, 0) is 38.1 Å². The zero-order valence-electron chi connectivity index (χ0n) is 14.1. The SMILES string of the molecule is CCN(CC)c1ccc2c(O)c(C=Nc3ccncc3)c(=O)oc2c1.